The van der Waals surface area contributed by atoms with Crippen molar-refractivity contribution in [3.63, 3.8) is 0 Å². The summed E-state index contributed by atoms with van der Waals surface area (Å²) in [5.41, 5.74) is -0.737. The van der Waals surface area contributed by atoms with Crippen LogP contribution >= 0.6 is 0 Å². The predicted octanol–water partition coefficient (Wildman–Crippen LogP) is 2.71. The van der Waals surface area contributed by atoms with Gasteiger partial charge in [-0.05, 0) is 19.8 Å². The van der Waals surface area contributed by atoms with Gasteiger partial charge in [0.15, 0.2) is 17.6 Å². The molecule has 0 aromatic heterocycles. The van der Waals surface area contributed by atoms with Gasteiger partial charge in [0.25, 0.3) is 11.6 Å². The van der Waals surface area contributed by atoms with E-state index in [9.17, 15) is 19.7 Å². The molecule has 1 heterocycles. The van der Waals surface area contributed by atoms with Crippen LogP contribution in [0.2, 0.25) is 0 Å². The highest BCUT2D eigenvalue weighted by molar-refractivity contribution is 5.96. The minimum Gasteiger partial charge on any atom is -0.454 e. The van der Waals surface area contributed by atoms with E-state index in [-0.39, 0.29) is 29.9 Å². The summed E-state index contributed by atoms with van der Waals surface area (Å²) in [4.78, 5) is 35.3. The maximum atomic E-state index is 12.4. The normalized spacial score (nSPS) is 17.7. The Morgan fingerprint density at radius 1 is 1.19 bits per heavy atom. The number of benzene rings is 1. The van der Waals surface area contributed by atoms with Gasteiger partial charge in [-0.3, -0.25) is 14.9 Å². The third-order valence-electron chi connectivity index (χ3n) is 4.76. The summed E-state index contributed by atoms with van der Waals surface area (Å²) >= 11 is 0. The smallest absolute Gasteiger partial charge is 0.346 e. The van der Waals surface area contributed by atoms with Crippen LogP contribution in [0.25, 0.3) is 0 Å². The second-order valence-electron chi connectivity index (χ2n) is 6.72. The summed E-state index contributed by atoms with van der Waals surface area (Å²) in [5.74, 6) is -0.942. The van der Waals surface area contributed by atoms with Crippen molar-refractivity contribution < 1.29 is 28.7 Å². The van der Waals surface area contributed by atoms with Crippen LogP contribution < -0.4 is 14.8 Å². The van der Waals surface area contributed by atoms with Crippen LogP contribution in [0.5, 0.6) is 11.5 Å². The third-order valence-corrected chi connectivity index (χ3v) is 4.76. The maximum absolute atomic E-state index is 12.4. The number of carbonyl (C=O) groups excluding carboxylic acids is 2. The highest BCUT2D eigenvalue weighted by Crippen LogP contribution is 2.38. The number of carbonyl (C=O) groups is 2. The number of esters is 1. The Labute approximate surface area is 156 Å². The van der Waals surface area contributed by atoms with Gasteiger partial charge < -0.3 is 19.5 Å². The number of amides is 1. The largest absolute Gasteiger partial charge is 0.454 e. The van der Waals surface area contributed by atoms with E-state index in [1.807, 2.05) is 0 Å². The van der Waals surface area contributed by atoms with Gasteiger partial charge >= 0.3 is 5.97 Å². The fourth-order valence-electron chi connectivity index (χ4n) is 3.27. The summed E-state index contributed by atoms with van der Waals surface area (Å²) in [5, 5.41) is 14.2. The Hall–Kier alpha value is -2.84. The molecule has 1 atom stereocenters. The van der Waals surface area contributed by atoms with Crippen molar-refractivity contribution in [2.24, 2.45) is 0 Å². The summed E-state index contributed by atoms with van der Waals surface area (Å²) in [7, 11) is 0. The Balaban J connectivity index is 1.67. The number of rotatable bonds is 5. The Bertz CT molecular complexity index is 741. The molecule has 0 radical (unpaired) electrons. The van der Waals surface area contributed by atoms with Gasteiger partial charge in [0.2, 0.25) is 6.79 Å². The molecular weight excluding hydrogens is 356 g/mol. The van der Waals surface area contributed by atoms with Crippen molar-refractivity contribution in [3.05, 3.63) is 27.8 Å². The first-order valence-corrected chi connectivity index (χ1v) is 9.05. The van der Waals surface area contributed by atoms with Crippen LogP contribution in [0.15, 0.2) is 12.1 Å². The summed E-state index contributed by atoms with van der Waals surface area (Å²) in [6.45, 7) is 1.37. The quantitative estimate of drug-likeness (QED) is 0.362. The van der Waals surface area contributed by atoms with Gasteiger partial charge in [-0.25, -0.2) is 4.79 Å². The van der Waals surface area contributed by atoms with Gasteiger partial charge in [-0.15, -0.1) is 0 Å². The van der Waals surface area contributed by atoms with Gasteiger partial charge in [-0.2, -0.15) is 0 Å². The van der Waals surface area contributed by atoms with Crippen molar-refractivity contribution >= 4 is 17.6 Å². The van der Waals surface area contributed by atoms with E-state index in [4.69, 9.17) is 14.2 Å². The molecule has 1 amide bonds. The van der Waals surface area contributed by atoms with E-state index < -0.39 is 28.6 Å². The molecular formula is C18H22N2O7. The van der Waals surface area contributed by atoms with Crippen LogP contribution in [0.1, 0.15) is 55.8 Å². The maximum Gasteiger partial charge on any atom is 0.346 e. The summed E-state index contributed by atoms with van der Waals surface area (Å²) in [6, 6.07) is 2.40. The zero-order valence-electron chi connectivity index (χ0n) is 15.1. The highest BCUT2D eigenvalue weighted by Gasteiger charge is 2.30. The third kappa shape index (κ3) is 4.47. The number of hydrogen-bond acceptors (Lipinski definition) is 7. The molecule has 9 heteroatoms. The number of fused-ring (bicyclic) bond motifs is 1. The van der Waals surface area contributed by atoms with Crippen LogP contribution in [-0.2, 0) is 9.53 Å². The molecule has 9 nitrogen and oxygen atoms in total. The van der Waals surface area contributed by atoms with Gasteiger partial charge in [0.1, 0.15) is 5.56 Å². The highest BCUT2D eigenvalue weighted by atomic mass is 16.7. The number of nitro benzene ring substituents is 1. The first-order valence-electron chi connectivity index (χ1n) is 9.05. The average molecular weight is 378 g/mol. The molecule has 1 saturated carbocycles. The number of ether oxygens (including phenoxy) is 3. The topological polar surface area (TPSA) is 117 Å². The van der Waals surface area contributed by atoms with Crippen molar-refractivity contribution in [1.29, 1.82) is 0 Å². The van der Waals surface area contributed by atoms with Crippen LogP contribution in [0.4, 0.5) is 5.69 Å². The molecule has 2 aliphatic rings. The molecule has 1 aromatic rings. The van der Waals surface area contributed by atoms with Crippen LogP contribution in [0.3, 0.4) is 0 Å². The predicted molar refractivity (Wildman–Crippen MR) is 93.7 cm³/mol. The molecule has 0 spiro atoms. The minimum absolute atomic E-state index is 0.0704. The van der Waals surface area contributed by atoms with E-state index >= 15 is 0 Å². The molecule has 1 fully saturated rings. The lowest BCUT2D eigenvalue weighted by Gasteiger charge is -2.19. The zero-order valence-corrected chi connectivity index (χ0v) is 15.1. The lowest BCUT2D eigenvalue weighted by molar-refractivity contribution is -0.385. The molecule has 1 aromatic carbocycles. The zero-order chi connectivity index (χ0) is 19.4. The molecule has 27 heavy (non-hydrogen) atoms. The second-order valence-corrected chi connectivity index (χ2v) is 6.72. The van der Waals surface area contributed by atoms with Gasteiger partial charge in [0, 0.05) is 12.1 Å². The lowest BCUT2D eigenvalue weighted by Crippen LogP contribution is -2.41. The molecule has 1 aliphatic carbocycles. The van der Waals surface area contributed by atoms with E-state index in [0.717, 1.165) is 44.6 Å². The van der Waals surface area contributed by atoms with E-state index in [1.165, 1.54) is 13.0 Å². The first kappa shape index (κ1) is 18.9. The Morgan fingerprint density at radius 2 is 1.81 bits per heavy atom. The van der Waals surface area contributed by atoms with Gasteiger partial charge in [-0.1, -0.05) is 25.7 Å². The van der Waals surface area contributed by atoms with Crippen molar-refractivity contribution in [3.8, 4) is 11.5 Å². The fourth-order valence-corrected chi connectivity index (χ4v) is 3.27. The number of nitrogens with zero attached hydrogens (tertiary/aromatic N) is 1. The lowest BCUT2D eigenvalue weighted by atomic mass is 10.1. The number of hydrogen-bond donors (Lipinski definition) is 1. The molecule has 0 saturated heterocycles. The number of nitro groups is 1. The van der Waals surface area contributed by atoms with Crippen molar-refractivity contribution in [2.45, 2.75) is 57.6 Å². The summed E-state index contributed by atoms with van der Waals surface area (Å²) < 4.78 is 15.4. The summed E-state index contributed by atoms with van der Waals surface area (Å²) in [6.07, 6.45) is 5.17. The van der Waals surface area contributed by atoms with E-state index in [2.05, 4.69) is 5.32 Å². The number of nitrogens with one attached hydrogen (secondary N) is 1. The van der Waals surface area contributed by atoms with E-state index in [0.29, 0.717) is 0 Å². The molecule has 1 unspecified atom stereocenters. The molecule has 0 bridgehead atoms. The van der Waals surface area contributed by atoms with Gasteiger partial charge in [0.05, 0.1) is 11.0 Å². The van der Waals surface area contributed by atoms with Crippen molar-refractivity contribution in [1.82, 2.24) is 5.32 Å². The minimum atomic E-state index is -1.06. The Kier molecular flexibility index (Phi) is 5.78. The monoisotopic (exact) mass is 378 g/mol. The van der Waals surface area contributed by atoms with Crippen molar-refractivity contribution in [2.75, 3.05) is 6.79 Å². The molecule has 1 N–H and O–H groups in total. The first-order chi connectivity index (χ1) is 13.0. The fraction of sp³-hybridized carbons (Fsp3) is 0.556. The molecule has 146 valence electrons. The van der Waals surface area contributed by atoms with Crippen LogP contribution in [0, 0.1) is 10.1 Å². The Morgan fingerprint density at radius 3 is 2.44 bits per heavy atom. The molecule has 1 aliphatic heterocycles. The standard InChI is InChI=1S/C18H22N2O7/c1-11(17(21)19-12-6-4-2-3-5-7-12)27-18(22)13-8-15-16(26-10-25-15)9-14(13)20(23)24/h8-9,11-12H,2-7,10H2,1H3,(H,19,21). The molecule has 3 rings (SSSR count). The van der Waals surface area contributed by atoms with E-state index in [1.54, 1.807) is 0 Å². The van der Waals surface area contributed by atoms with Crippen LogP contribution in [-0.4, -0.2) is 35.7 Å². The average Bonchev–Trinajstić information content (AvgIpc) is 2.95. The second kappa shape index (κ2) is 8.24. The SMILES string of the molecule is CC(OC(=O)c1cc2c(cc1[N+](=O)[O-])OCO2)C(=O)NC1CCCCCC1.